The first-order valence-electron chi connectivity index (χ1n) is 11.8. The maximum atomic E-state index is 14.7. The van der Waals surface area contributed by atoms with Crippen LogP contribution in [0.3, 0.4) is 0 Å². The highest BCUT2D eigenvalue weighted by atomic mass is 32.2. The summed E-state index contributed by atoms with van der Waals surface area (Å²) < 4.78 is 19.7. The maximum absolute atomic E-state index is 14.7. The van der Waals surface area contributed by atoms with Crippen LogP contribution in [0.15, 0.2) is 61.6 Å². The number of nitrogens with zero attached hydrogens (tertiary/aromatic N) is 5. The Labute approximate surface area is 221 Å². The summed E-state index contributed by atoms with van der Waals surface area (Å²) in [6, 6.07) is 6.98. The zero-order chi connectivity index (χ0) is 27.0. The number of benzene rings is 1. The third kappa shape index (κ3) is 5.22. The fourth-order valence-electron chi connectivity index (χ4n) is 4.24. The number of hydrogen-bond acceptors (Lipinski definition) is 5. The zero-order valence-electron chi connectivity index (χ0n) is 21.5. The van der Waals surface area contributed by atoms with Gasteiger partial charge in [0.1, 0.15) is 11.5 Å². The molecule has 0 saturated heterocycles. The lowest BCUT2D eigenvalue weighted by atomic mass is 9.98. The molecule has 5 aromatic rings. The van der Waals surface area contributed by atoms with Gasteiger partial charge in [-0.25, -0.2) is 14.4 Å². The molecule has 0 spiro atoms. The van der Waals surface area contributed by atoms with Gasteiger partial charge in [0.25, 0.3) is 0 Å². The summed E-state index contributed by atoms with van der Waals surface area (Å²) in [4.78, 5) is 12.8. The van der Waals surface area contributed by atoms with E-state index in [1.165, 1.54) is 12.1 Å². The molecule has 0 aliphatic heterocycles. The smallest absolute Gasteiger partial charge is 0.181 e. The van der Waals surface area contributed by atoms with E-state index in [-0.39, 0.29) is 5.82 Å². The molecule has 0 saturated carbocycles. The van der Waals surface area contributed by atoms with Crippen molar-refractivity contribution >= 4 is 37.7 Å². The van der Waals surface area contributed by atoms with Crippen LogP contribution in [0.1, 0.15) is 22.5 Å². The number of pyridine rings is 1. The number of imidazole rings is 1. The molecule has 0 radical (unpaired) electrons. The second-order valence-electron chi connectivity index (χ2n) is 9.42. The van der Waals surface area contributed by atoms with Crippen LogP contribution in [0, 0.1) is 12.7 Å². The first-order chi connectivity index (χ1) is 18.1. The number of fused-ring (bicyclic) bond motifs is 1. The average molecular weight is 529 g/mol. The Morgan fingerprint density at radius 2 is 2.00 bits per heavy atom. The van der Waals surface area contributed by atoms with E-state index in [1.807, 2.05) is 44.6 Å². The molecule has 0 amide bonds. The van der Waals surface area contributed by atoms with Crippen molar-refractivity contribution in [3.05, 3.63) is 89.9 Å². The van der Waals surface area contributed by atoms with Crippen LogP contribution in [0.4, 0.5) is 4.39 Å². The van der Waals surface area contributed by atoms with E-state index in [2.05, 4.69) is 48.3 Å². The van der Waals surface area contributed by atoms with E-state index in [0.29, 0.717) is 35.0 Å². The summed E-state index contributed by atoms with van der Waals surface area (Å²) >= 11 is 0. The van der Waals surface area contributed by atoms with E-state index in [1.54, 1.807) is 23.2 Å². The first kappa shape index (κ1) is 25.4. The monoisotopic (exact) mass is 528 g/mol. The average Bonchev–Trinajstić information content (AvgIpc) is 3.58. The number of rotatable bonds is 8. The molecule has 0 aliphatic rings. The molecule has 8 nitrogen and oxygen atoms in total. The standard InChI is InChI=1S/C28H29FN8S/c1-7-8-23(19-9-18(10-22(29)11-19)13-32-38(4,5)6)25-17(2)33-28(34-25)26-24-12-20(14-30-27(24)36-35-26)21-15-31-37(3)16-21/h7-12,14-16,32H,1,4-5,13H2,2-3,6H3,(H,33,34)(H,30,35,36)/b23-8-. The highest BCUT2D eigenvalue weighted by molar-refractivity contribution is 8.25. The predicted molar refractivity (Wildman–Crippen MR) is 157 cm³/mol. The minimum Gasteiger partial charge on any atom is -0.340 e. The molecule has 3 N–H and O–H groups in total. The van der Waals surface area contributed by atoms with Gasteiger partial charge in [-0.15, -0.1) is 0 Å². The van der Waals surface area contributed by atoms with Crippen molar-refractivity contribution in [2.24, 2.45) is 7.05 Å². The Morgan fingerprint density at radius 3 is 2.71 bits per heavy atom. The second-order valence-corrected chi connectivity index (χ2v) is 12.3. The van der Waals surface area contributed by atoms with Gasteiger partial charge >= 0.3 is 0 Å². The molecule has 0 unspecified atom stereocenters. The van der Waals surface area contributed by atoms with Crippen molar-refractivity contribution in [3.63, 3.8) is 0 Å². The van der Waals surface area contributed by atoms with E-state index in [9.17, 15) is 4.39 Å². The zero-order valence-corrected chi connectivity index (χ0v) is 22.4. The van der Waals surface area contributed by atoms with Crippen LogP contribution in [0.5, 0.6) is 0 Å². The highest BCUT2D eigenvalue weighted by Crippen LogP contribution is 2.32. The van der Waals surface area contributed by atoms with Gasteiger partial charge in [-0.1, -0.05) is 30.5 Å². The lowest BCUT2D eigenvalue weighted by molar-refractivity contribution is 0.624. The molecule has 0 aliphatic carbocycles. The normalized spacial score (nSPS) is 12.4. The summed E-state index contributed by atoms with van der Waals surface area (Å²) in [6.45, 7) is 6.26. The van der Waals surface area contributed by atoms with Gasteiger partial charge in [0.05, 0.1) is 17.3 Å². The van der Waals surface area contributed by atoms with Gasteiger partial charge in [0.2, 0.25) is 0 Å². The largest absolute Gasteiger partial charge is 0.340 e. The number of halogens is 1. The minimum atomic E-state index is -1.44. The lowest BCUT2D eigenvalue weighted by Gasteiger charge is -2.13. The fraction of sp³-hybridized carbons (Fsp3) is 0.143. The third-order valence-electron chi connectivity index (χ3n) is 6.00. The maximum Gasteiger partial charge on any atom is 0.181 e. The number of aromatic nitrogens is 7. The van der Waals surface area contributed by atoms with E-state index in [4.69, 9.17) is 4.98 Å². The molecule has 0 atom stereocenters. The summed E-state index contributed by atoms with van der Waals surface area (Å²) in [5.74, 6) is 8.35. The van der Waals surface area contributed by atoms with Gasteiger partial charge < -0.3 is 4.98 Å². The first-order valence-corrected chi connectivity index (χ1v) is 14.2. The number of aryl methyl sites for hydroxylation is 2. The van der Waals surface area contributed by atoms with Gasteiger partial charge in [-0.3, -0.25) is 14.5 Å². The van der Waals surface area contributed by atoms with Gasteiger partial charge in [0.15, 0.2) is 11.5 Å². The van der Waals surface area contributed by atoms with Crippen molar-refractivity contribution in [2.45, 2.75) is 13.5 Å². The summed E-state index contributed by atoms with van der Waals surface area (Å²) in [6.07, 6.45) is 11.0. The highest BCUT2D eigenvalue weighted by Gasteiger charge is 2.19. The van der Waals surface area contributed by atoms with Crippen molar-refractivity contribution in [3.8, 4) is 22.6 Å². The van der Waals surface area contributed by atoms with Gasteiger partial charge in [-0.2, -0.15) is 19.6 Å². The minimum absolute atomic E-state index is 0.332. The predicted octanol–water partition coefficient (Wildman–Crippen LogP) is 5.12. The molecular formula is C28H29FN8S. The summed E-state index contributed by atoms with van der Waals surface area (Å²) in [5, 5.41) is 12.5. The van der Waals surface area contributed by atoms with E-state index in [0.717, 1.165) is 33.3 Å². The Kier molecular flexibility index (Phi) is 6.60. The molecule has 0 fully saturated rings. The molecule has 4 aromatic heterocycles. The molecule has 38 heavy (non-hydrogen) atoms. The number of allylic oxidation sites excluding steroid dienone is 2. The van der Waals surface area contributed by atoms with Gasteiger partial charge in [0, 0.05) is 48.4 Å². The number of hydrogen-bond donors (Lipinski definition) is 3. The van der Waals surface area contributed by atoms with Gasteiger partial charge in [-0.05, 0) is 48.6 Å². The molecule has 4 heterocycles. The Hall–Kier alpha value is -4.28. The van der Waals surface area contributed by atoms with Crippen LogP contribution in [-0.4, -0.2) is 52.9 Å². The number of H-pyrrole nitrogens is 2. The quantitative estimate of drug-likeness (QED) is 0.192. The van der Waals surface area contributed by atoms with Crippen LogP contribution < -0.4 is 4.72 Å². The lowest BCUT2D eigenvalue weighted by Crippen LogP contribution is -2.08. The van der Waals surface area contributed by atoms with Crippen LogP contribution >= 0.6 is 9.39 Å². The topological polar surface area (TPSA) is 100 Å². The SMILES string of the molecule is C=C/C=C(/c1cc(F)cc(CNS(=C)(=C)C)c1)c1nc(-c2[nH]nc3ncc(-c4cnn(C)c4)cc23)[nH]c1C. The van der Waals surface area contributed by atoms with E-state index < -0.39 is 9.39 Å². The van der Waals surface area contributed by atoms with Crippen molar-refractivity contribution in [2.75, 3.05) is 6.26 Å². The van der Waals surface area contributed by atoms with Crippen molar-refractivity contribution in [1.29, 1.82) is 0 Å². The number of aromatic amines is 2. The molecular weight excluding hydrogens is 499 g/mol. The summed E-state index contributed by atoms with van der Waals surface area (Å²) in [5.41, 5.74) is 6.92. The van der Waals surface area contributed by atoms with E-state index >= 15 is 0 Å². The Morgan fingerprint density at radius 1 is 1.18 bits per heavy atom. The van der Waals surface area contributed by atoms with Crippen molar-refractivity contribution in [1.82, 2.24) is 39.7 Å². The third-order valence-corrected chi connectivity index (χ3v) is 6.84. The van der Waals surface area contributed by atoms with Crippen LogP contribution in [-0.2, 0) is 13.6 Å². The van der Waals surface area contributed by atoms with Crippen LogP contribution in [0.25, 0.3) is 39.3 Å². The number of nitrogens with one attached hydrogen (secondary N) is 3. The molecule has 194 valence electrons. The van der Waals surface area contributed by atoms with Crippen molar-refractivity contribution < 1.29 is 4.39 Å². The van der Waals surface area contributed by atoms with Crippen LogP contribution in [0.2, 0.25) is 0 Å². The fourth-order valence-corrected chi connectivity index (χ4v) is 4.76. The summed E-state index contributed by atoms with van der Waals surface area (Å²) in [7, 11) is 0.437. The Bertz CT molecular complexity index is 1800. The Balaban J connectivity index is 1.56. The molecule has 10 heteroatoms. The molecule has 0 bridgehead atoms. The second kappa shape index (κ2) is 9.88. The molecule has 1 aromatic carbocycles. The molecule has 5 rings (SSSR count).